The zero-order chi connectivity index (χ0) is 14.8. The van der Waals surface area contributed by atoms with Crippen molar-refractivity contribution in [3.63, 3.8) is 0 Å². The van der Waals surface area contributed by atoms with E-state index in [0.717, 1.165) is 19.4 Å². The second-order valence-corrected chi connectivity index (χ2v) is 6.63. The van der Waals surface area contributed by atoms with Gasteiger partial charge in [0.05, 0.1) is 5.54 Å². The average molecular weight is 274 g/mol. The van der Waals surface area contributed by atoms with Crippen LogP contribution in [0.4, 0.5) is 5.69 Å². The Morgan fingerprint density at radius 1 is 1.40 bits per heavy atom. The van der Waals surface area contributed by atoms with Crippen LogP contribution < -0.4 is 10.6 Å². The zero-order valence-electron chi connectivity index (χ0n) is 13.0. The predicted octanol–water partition coefficient (Wildman–Crippen LogP) is 3.44. The number of rotatable bonds is 4. The fourth-order valence-electron chi connectivity index (χ4n) is 2.93. The van der Waals surface area contributed by atoms with Gasteiger partial charge in [-0.1, -0.05) is 26.0 Å². The summed E-state index contributed by atoms with van der Waals surface area (Å²) in [6, 6.07) is 6.34. The summed E-state index contributed by atoms with van der Waals surface area (Å²) in [5.41, 5.74) is 3.49. The normalized spacial score (nSPS) is 14.7. The number of hydrogen-bond acceptors (Lipinski definition) is 2. The van der Waals surface area contributed by atoms with Crippen LogP contribution in [0.5, 0.6) is 0 Å². The Hall–Kier alpha value is -1.51. The highest BCUT2D eigenvalue weighted by atomic mass is 16.1. The van der Waals surface area contributed by atoms with Gasteiger partial charge in [0, 0.05) is 18.7 Å². The Kier molecular flexibility index (Phi) is 4.36. The molecule has 0 fully saturated rings. The fourth-order valence-corrected chi connectivity index (χ4v) is 2.93. The van der Waals surface area contributed by atoms with Crippen molar-refractivity contribution in [3.8, 4) is 0 Å². The van der Waals surface area contributed by atoms with Crippen LogP contribution in [0.25, 0.3) is 0 Å². The molecule has 0 spiro atoms. The van der Waals surface area contributed by atoms with E-state index in [1.165, 1.54) is 16.8 Å². The van der Waals surface area contributed by atoms with Crippen molar-refractivity contribution in [2.45, 2.75) is 52.5 Å². The summed E-state index contributed by atoms with van der Waals surface area (Å²) >= 11 is 0. The van der Waals surface area contributed by atoms with E-state index in [9.17, 15) is 4.79 Å². The summed E-state index contributed by atoms with van der Waals surface area (Å²) < 4.78 is 0. The van der Waals surface area contributed by atoms with E-state index in [0.29, 0.717) is 12.3 Å². The lowest BCUT2D eigenvalue weighted by Gasteiger charge is -2.32. The molecule has 110 valence electrons. The first kappa shape index (κ1) is 14.9. The Morgan fingerprint density at radius 2 is 2.15 bits per heavy atom. The van der Waals surface area contributed by atoms with Crippen LogP contribution in [0.15, 0.2) is 18.2 Å². The van der Waals surface area contributed by atoms with Gasteiger partial charge in [0.1, 0.15) is 0 Å². The van der Waals surface area contributed by atoms with E-state index in [1.54, 1.807) is 0 Å². The molecule has 0 unspecified atom stereocenters. The molecule has 2 N–H and O–H groups in total. The van der Waals surface area contributed by atoms with Crippen LogP contribution in [0.1, 0.15) is 51.7 Å². The summed E-state index contributed by atoms with van der Waals surface area (Å²) in [6.07, 6.45) is 2.82. The fraction of sp³-hybridized carbons (Fsp3) is 0.588. The maximum Gasteiger partial charge on any atom is 0.220 e. The van der Waals surface area contributed by atoms with E-state index >= 15 is 0 Å². The van der Waals surface area contributed by atoms with E-state index in [1.807, 2.05) is 0 Å². The minimum absolute atomic E-state index is 0.131. The Labute approximate surface area is 122 Å². The molecule has 1 heterocycles. The van der Waals surface area contributed by atoms with Crippen molar-refractivity contribution in [2.24, 2.45) is 5.92 Å². The molecule has 0 aliphatic carbocycles. The summed E-state index contributed by atoms with van der Waals surface area (Å²) in [5.74, 6) is 0.517. The summed E-state index contributed by atoms with van der Waals surface area (Å²) in [6.45, 7) is 9.36. The van der Waals surface area contributed by atoms with Gasteiger partial charge in [-0.2, -0.15) is 0 Å². The molecular formula is C17H26N2O. The van der Waals surface area contributed by atoms with Crippen molar-refractivity contribution in [2.75, 3.05) is 11.9 Å². The number of anilines is 1. The van der Waals surface area contributed by atoms with Crippen molar-refractivity contribution >= 4 is 11.6 Å². The second kappa shape index (κ2) is 5.86. The third-order valence-corrected chi connectivity index (χ3v) is 3.81. The Morgan fingerprint density at radius 3 is 2.85 bits per heavy atom. The third kappa shape index (κ3) is 3.33. The molecule has 1 aliphatic heterocycles. The van der Waals surface area contributed by atoms with Crippen molar-refractivity contribution < 1.29 is 4.79 Å². The van der Waals surface area contributed by atoms with Gasteiger partial charge in [0.25, 0.3) is 0 Å². The van der Waals surface area contributed by atoms with Gasteiger partial charge in [-0.05, 0) is 49.8 Å². The molecule has 0 aromatic heterocycles. The molecule has 1 aromatic carbocycles. The van der Waals surface area contributed by atoms with E-state index in [4.69, 9.17) is 0 Å². The van der Waals surface area contributed by atoms with Crippen molar-refractivity contribution in [1.29, 1.82) is 0 Å². The standard InChI is InChI=1S/C17H26N2O/c1-12(2)11-16(20)19-17(3,4)14-8-5-9-15-13(14)7-6-10-18-15/h5,8-9,12,18H,6-7,10-11H2,1-4H3,(H,19,20). The lowest BCUT2D eigenvalue weighted by atomic mass is 9.85. The van der Waals surface area contributed by atoms with Gasteiger partial charge in [-0.3, -0.25) is 4.79 Å². The largest absolute Gasteiger partial charge is 0.385 e. The van der Waals surface area contributed by atoms with Crippen LogP contribution in [0.3, 0.4) is 0 Å². The van der Waals surface area contributed by atoms with Crippen molar-refractivity contribution in [1.82, 2.24) is 5.32 Å². The molecule has 20 heavy (non-hydrogen) atoms. The van der Waals surface area contributed by atoms with Crippen LogP contribution in [0.2, 0.25) is 0 Å². The van der Waals surface area contributed by atoms with E-state index in [2.05, 4.69) is 56.5 Å². The van der Waals surface area contributed by atoms with Gasteiger partial charge in [0.15, 0.2) is 0 Å². The lowest BCUT2D eigenvalue weighted by Crippen LogP contribution is -2.42. The van der Waals surface area contributed by atoms with Gasteiger partial charge in [-0.25, -0.2) is 0 Å². The summed E-state index contributed by atoms with van der Waals surface area (Å²) in [7, 11) is 0. The molecule has 0 bridgehead atoms. The zero-order valence-corrected chi connectivity index (χ0v) is 13.0. The quantitative estimate of drug-likeness (QED) is 0.883. The molecule has 1 aromatic rings. The number of nitrogens with one attached hydrogen (secondary N) is 2. The molecule has 0 saturated heterocycles. The first-order valence-corrected chi connectivity index (χ1v) is 7.57. The maximum atomic E-state index is 12.1. The highest BCUT2D eigenvalue weighted by Gasteiger charge is 2.27. The van der Waals surface area contributed by atoms with Gasteiger partial charge in [-0.15, -0.1) is 0 Å². The molecule has 0 saturated carbocycles. The molecule has 0 radical (unpaired) electrons. The number of fused-ring (bicyclic) bond motifs is 1. The number of benzene rings is 1. The molecule has 0 atom stereocenters. The molecule has 1 aliphatic rings. The minimum atomic E-state index is -0.323. The number of hydrogen-bond donors (Lipinski definition) is 2. The van der Waals surface area contributed by atoms with Gasteiger partial charge < -0.3 is 10.6 Å². The highest BCUT2D eigenvalue weighted by molar-refractivity contribution is 5.77. The van der Waals surface area contributed by atoms with Crippen LogP contribution in [-0.4, -0.2) is 12.5 Å². The molecule has 3 nitrogen and oxygen atoms in total. The number of amides is 1. The summed E-state index contributed by atoms with van der Waals surface area (Å²) in [4.78, 5) is 12.1. The van der Waals surface area contributed by atoms with Crippen LogP contribution in [-0.2, 0) is 16.8 Å². The van der Waals surface area contributed by atoms with Gasteiger partial charge in [0.2, 0.25) is 5.91 Å². The Bertz CT molecular complexity index is 492. The van der Waals surface area contributed by atoms with E-state index < -0.39 is 0 Å². The Balaban J connectivity index is 2.23. The molecule has 1 amide bonds. The molecule has 3 heteroatoms. The number of carbonyl (C=O) groups excluding carboxylic acids is 1. The predicted molar refractivity (Wildman–Crippen MR) is 83.9 cm³/mol. The lowest BCUT2D eigenvalue weighted by molar-refractivity contribution is -0.123. The second-order valence-electron chi connectivity index (χ2n) is 6.63. The summed E-state index contributed by atoms with van der Waals surface area (Å²) in [5, 5.41) is 6.64. The number of carbonyl (C=O) groups is 1. The first-order valence-electron chi connectivity index (χ1n) is 7.57. The van der Waals surface area contributed by atoms with Crippen LogP contribution >= 0.6 is 0 Å². The molecular weight excluding hydrogens is 248 g/mol. The third-order valence-electron chi connectivity index (χ3n) is 3.81. The smallest absolute Gasteiger partial charge is 0.220 e. The maximum absolute atomic E-state index is 12.1. The van der Waals surface area contributed by atoms with Crippen molar-refractivity contribution in [3.05, 3.63) is 29.3 Å². The van der Waals surface area contributed by atoms with Gasteiger partial charge >= 0.3 is 0 Å². The average Bonchev–Trinajstić information content (AvgIpc) is 2.36. The van der Waals surface area contributed by atoms with Crippen LogP contribution in [0, 0.1) is 5.92 Å². The molecule has 2 rings (SSSR count). The highest BCUT2D eigenvalue weighted by Crippen LogP contribution is 2.32. The monoisotopic (exact) mass is 274 g/mol. The first-order chi connectivity index (χ1) is 9.40. The van der Waals surface area contributed by atoms with E-state index in [-0.39, 0.29) is 11.4 Å². The SMILES string of the molecule is CC(C)CC(=O)NC(C)(C)c1cccc2c1CCCN2. The topological polar surface area (TPSA) is 41.1 Å². The minimum Gasteiger partial charge on any atom is -0.385 e.